The number of alkyl carbamates (subject to hydrolysis) is 1. The van der Waals surface area contributed by atoms with Gasteiger partial charge >= 0.3 is 6.09 Å². The molecule has 190 valence electrons. The predicted molar refractivity (Wildman–Crippen MR) is 142 cm³/mol. The topological polar surface area (TPSA) is 76.7 Å². The van der Waals surface area contributed by atoms with E-state index < -0.39 is 17.7 Å². The minimum atomic E-state index is -0.654. The van der Waals surface area contributed by atoms with Crippen molar-refractivity contribution in [2.45, 2.75) is 71.1 Å². The van der Waals surface area contributed by atoms with Gasteiger partial charge in [-0.2, -0.15) is 11.8 Å². The van der Waals surface area contributed by atoms with E-state index in [9.17, 15) is 9.59 Å². The molecule has 0 saturated heterocycles. The average molecular weight is 499 g/mol. The molecule has 2 aromatic rings. The van der Waals surface area contributed by atoms with Gasteiger partial charge in [0.15, 0.2) is 0 Å². The Bertz CT molecular complexity index is 922. The van der Waals surface area contributed by atoms with Crippen LogP contribution in [0.25, 0.3) is 0 Å². The maximum atomic E-state index is 13.0. The van der Waals surface area contributed by atoms with Crippen molar-refractivity contribution in [3.63, 3.8) is 0 Å². The molecule has 2 N–H and O–H groups in total. The van der Waals surface area contributed by atoms with Crippen LogP contribution in [0.5, 0.6) is 11.5 Å². The molecule has 0 heterocycles. The maximum Gasteiger partial charge on any atom is 0.408 e. The Hall–Kier alpha value is -2.67. The van der Waals surface area contributed by atoms with Crippen LogP contribution in [-0.4, -0.2) is 35.1 Å². The summed E-state index contributed by atoms with van der Waals surface area (Å²) < 4.78 is 11.2. The second-order valence-electron chi connectivity index (χ2n) is 10.0. The third-order valence-electron chi connectivity index (χ3n) is 5.74. The second kappa shape index (κ2) is 13.4. The van der Waals surface area contributed by atoms with Gasteiger partial charge in [-0.1, -0.05) is 49.6 Å². The predicted octanol–water partition coefficient (Wildman–Crippen LogP) is 6.30. The molecule has 1 atom stereocenters. The molecule has 6 nitrogen and oxygen atoms in total. The Balaban J connectivity index is 1.52. The van der Waals surface area contributed by atoms with Gasteiger partial charge in [0.05, 0.1) is 0 Å². The van der Waals surface area contributed by atoms with Crippen molar-refractivity contribution in [3.8, 4) is 11.5 Å². The van der Waals surface area contributed by atoms with E-state index in [1.165, 1.54) is 32.1 Å². The summed E-state index contributed by atoms with van der Waals surface area (Å²) in [4.78, 5) is 25.4. The molecule has 1 fully saturated rings. The molecule has 1 aliphatic carbocycles. The molecular formula is C28H38N2O4S. The smallest absolute Gasteiger partial charge is 0.408 e. The largest absolute Gasteiger partial charge is 0.457 e. The fourth-order valence-corrected chi connectivity index (χ4v) is 5.22. The summed E-state index contributed by atoms with van der Waals surface area (Å²) in [5, 5.41) is 5.73. The molecule has 2 amide bonds. The highest BCUT2D eigenvalue weighted by Gasteiger charge is 2.25. The molecule has 2 aromatic carbocycles. The van der Waals surface area contributed by atoms with Crippen LogP contribution in [0.15, 0.2) is 54.6 Å². The van der Waals surface area contributed by atoms with E-state index in [-0.39, 0.29) is 5.91 Å². The van der Waals surface area contributed by atoms with Gasteiger partial charge in [-0.05, 0) is 75.1 Å². The van der Waals surface area contributed by atoms with E-state index in [1.807, 2.05) is 75.4 Å². The third kappa shape index (κ3) is 10.2. The number of nitrogens with one attached hydrogen (secondary N) is 2. The first-order chi connectivity index (χ1) is 16.8. The van der Waals surface area contributed by atoms with Crippen molar-refractivity contribution in [2.24, 2.45) is 5.92 Å². The zero-order valence-corrected chi connectivity index (χ0v) is 21.9. The van der Waals surface area contributed by atoms with Crippen molar-refractivity contribution in [2.75, 3.05) is 11.5 Å². The fraction of sp³-hybridized carbons (Fsp3) is 0.500. The zero-order chi connectivity index (χ0) is 25.1. The summed E-state index contributed by atoms with van der Waals surface area (Å²) in [5.41, 5.74) is 0.328. The van der Waals surface area contributed by atoms with Crippen LogP contribution in [-0.2, 0) is 16.1 Å². The number of carbonyl (C=O) groups excluding carboxylic acids is 2. The Kier molecular flexibility index (Phi) is 10.3. The number of hydrogen-bond donors (Lipinski definition) is 2. The van der Waals surface area contributed by atoms with E-state index in [0.29, 0.717) is 18.2 Å². The van der Waals surface area contributed by atoms with Gasteiger partial charge in [0.2, 0.25) is 5.91 Å². The lowest BCUT2D eigenvalue weighted by atomic mass is 9.91. The highest BCUT2D eigenvalue weighted by molar-refractivity contribution is 7.99. The van der Waals surface area contributed by atoms with Crippen molar-refractivity contribution < 1.29 is 19.1 Å². The van der Waals surface area contributed by atoms with Crippen molar-refractivity contribution in [1.82, 2.24) is 10.6 Å². The first-order valence-corrected chi connectivity index (χ1v) is 13.6. The normalized spacial score (nSPS) is 15.2. The van der Waals surface area contributed by atoms with Gasteiger partial charge in [0.25, 0.3) is 0 Å². The fourth-order valence-electron chi connectivity index (χ4n) is 3.95. The first kappa shape index (κ1) is 26.9. The van der Waals surface area contributed by atoms with E-state index in [2.05, 4.69) is 10.6 Å². The summed E-state index contributed by atoms with van der Waals surface area (Å²) in [5.74, 6) is 3.53. The van der Waals surface area contributed by atoms with Crippen LogP contribution in [0.3, 0.4) is 0 Å². The monoisotopic (exact) mass is 498 g/mol. The van der Waals surface area contributed by atoms with Gasteiger partial charge in [-0.15, -0.1) is 0 Å². The molecule has 1 saturated carbocycles. The Morgan fingerprint density at radius 2 is 1.63 bits per heavy atom. The lowest BCUT2D eigenvalue weighted by Gasteiger charge is -2.24. The number of rotatable bonds is 10. The number of hydrogen-bond acceptors (Lipinski definition) is 5. The van der Waals surface area contributed by atoms with Crippen LogP contribution in [0.4, 0.5) is 4.79 Å². The number of para-hydroxylation sites is 1. The first-order valence-electron chi connectivity index (χ1n) is 12.5. The van der Waals surface area contributed by atoms with Crippen LogP contribution in [0, 0.1) is 5.92 Å². The van der Waals surface area contributed by atoms with Crippen molar-refractivity contribution in [3.05, 3.63) is 60.2 Å². The minimum absolute atomic E-state index is 0.211. The highest BCUT2D eigenvalue weighted by atomic mass is 32.2. The Morgan fingerprint density at radius 3 is 2.29 bits per heavy atom. The van der Waals surface area contributed by atoms with Crippen LogP contribution in [0.2, 0.25) is 0 Å². The molecule has 0 unspecified atom stereocenters. The number of benzene rings is 2. The van der Waals surface area contributed by atoms with E-state index >= 15 is 0 Å². The molecule has 35 heavy (non-hydrogen) atoms. The summed E-state index contributed by atoms with van der Waals surface area (Å²) in [6.07, 6.45) is 5.85. The highest BCUT2D eigenvalue weighted by Crippen LogP contribution is 2.27. The van der Waals surface area contributed by atoms with Gasteiger partial charge < -0.3 is 20.1 Å². The van der Waals surface area contributed by atoms with Crippen molar-refractivity contribution >= 4 is 23.8 Å². The lowest BCUT2D eigenvalue weighted by molar-refractivity contribution is -0.122. The van der Waals surface area contributed by atoms with Gasteiger partial charge in [-0.25, -0.2) is 4.79 Å². The van der Waals surface area contributed by atoms with Crippen LogP contribution < -0.4 is 15.4 Å². The number of ether oxygens (including phenoxy) is 2. The molecule has 7 heteroatoms. The quantitative estimate of drug-likeness (QED) is 0.402. The van der Waals surface area contributed by atoms with Crippen molar-refractivity contribution in [1.29, 1.82) is 0 Å². The number of carbonyl (C=O) groups is 2. The number of thioether (sulfide) groups is 1. The molecule has 0 aliphatic heterocycles. The summed E-state index contributed by atoms with van der Waals surface area (Å²) >= 11 is 1.73. The lowest BCUT2D eigenvalue weighted by Crippen LogP contribution is -2.49. The van der Waals surface area contributed by atoms with Gasteiger partial charge in [0, 0.05) is 12.3 Å². The SMILES string of the molecule is CC(C)(C)OC(=O)N[C@@H](CSCC1CCCCC1)C(=O)NCc1ccc(Oc2ccccc2)cc1. The van der Waals surface area contributed by atoms with E-state index in [4.69, 9.17) is 9.47 Å². The Labute approximate surface area is 213 Å². The van der Waals surface area contributed by atoms with E-state index in [1.54, 1.807) is 11.8 Å². The summed E-state index contributed by atoms with van der Waals surface area (Å²) in [6.45, 7) is 5.80. The minimum Gasteiger partial charge on any atom is -0.457 e. The zero-order valence-electron chi connectivity index (χ0n) is 21.0. The van der Waals surface area contributed by atoms with Gasteiger partial charge in [0.1, 0.15) is 23.1 Å². The molecular weight excluding hydrogens is 460 g/mol. The Morgan fingerprint density at radius 1 is 0.971 bits per heavy atom. The maximum absolute atomic E-state index is 13.0. The molecule has 0 bridgehead atoms. The van der Waals surface area contributed by atoms with E-state index in [0.717, 1.165) is 22.8 Å². The molecule has 0 radical (unpaired) electrons. The summed E-state index contributed by atoms with van der Waals surface area (Å²) in [6, 6.07) is 16.5. The van der Waals surface area contributed by atoms with Gasteiger partial charge in [-0.3, -0.25) is 4.79 Å². The third-order valence-corrected chi connectivity index (χ3v) is 7.02. The van der Waals surface area contributed by atoms with Crippen LogP contribution >= 0.6 is 11.8 Å². The molecule has 3 rings (SSSR count). The molecule has 0 aromatic heterocycles. The van der Waals surface area contributed by atoms with Crippen LogP contribution in [0.1, 0.15) is 58.4 Å². The second-order valence-corrected chi connectivity index (χ2v) is 11.1. The standard InChI is InChI=1S/C28H38N2O4S/c1-28(2,3)34-27(32)30-25(20-35-19-22-10-6-4-7-11-22)26(31)29-18-21-14-16-24(17-15-21)33-23-12-8-5-9-13-23/h5,8-9,12-17,22,25H,4,6-7,10-11,18-20H2,1-3H3,(H,29,31)(H,30,32)/t25-/m0/s1. The summed E-state index contributed by atoms with van der Waals surface area (Å²) in [7, 11) is 0. The number of amides is 2. The molecule has 0 spiro atoms. The molecule has 1 aliphatic rings. The average Bonchev–Trinajstić information content (AvgIpc) is 2.83.